The first kappa shape index (κ1) is 26.4. The Hall–Kier alpha value is -2.65. The molecule has 11 nitrogen and oxygen atoms in total. The highest BCUT2D eigenvalue weighted by Gasteiger charge is 2.47. The first-order valence-electron chi connectivity index (χ1n) is 11.5. The van der Waals surface area contributed by atoms with E-state index in [1.54, 1.807) is 0 Å². The Morgan fingerprint density at radius 2 is 2.03 bits per heavy atom. The van der Waals surface area contributed by atoms with E-state index in [1.165, 1.54) is 17.8 Å². The molecule has 0 amide bonds. The third kappa shape index (κ3) is 5.37. The van der Waals surface area contributed by atoms with Crippen LogP contribution in [0.15, 0.2) is 28.6 Å². The van der Waals surface area contributed by atoms with Gasteiger partial charge in [0.1, 0.15) is 17.9 Å². The molecule has 2 aliphatic rings. The monoisotopic (exact) mass is 526 g/mol. The van der Waals surface area contributed by atoms with E-state index < -0.39 is 36.0 Å². The molecule has 2 aromatic rings. The summed E-state index contributed by atoms with van der Waals surface area (Å²) < 4.78 is 32.3. The number of halogens is 2. The van der Waals surface area contributed by atoms with Crippen molar-refractivity contribution in [1.82, 2.24) is 9.97 Å². The van der Waals surface area contributed by atoms with Gasteiger partial charge in [0.15, 0.2) is 28.4 Å². The summed E-state index contributed by atoms with van der Waals surface area (Å²) in [5.41, 5.74) is 6.98. The van der Waals surface area contributed by atoms with Crippen LogP contribution in [-0.2, 0) is 4.74 Å². The van der Waals surface area contributed by atoms with E-state index in [1.807, 2.05) is 6.92 Å². The normalized spacial score (nSPS) is 27.2. The minimum atomic E-state index is -1.39. The Morgan fingerprint density at radius 1 is 1.25 bits per heavy atom. The van der Waals surface area contributed by atoms with E-state index in [0.717, 1.165) is 17.1 Å². The smallest absolute Gasteiger partial charge is 0.191 e. The lowest BCUT2D eigenvalue weighted by atomic mass is 10.1. The maximum atomic E-state index is 13.7. The van der Waals surface area contributed by atoms with Crippen LogP contribution in [0.5, 0.6) is 0 Å². The molecule has 0 aliphatic heterocycles. The summed E-state index contributed by atoms with van der Waals surface area (Å²) in [5.74, 6) is -1.10. The summed E-state index contributed by atoms with van der Waals surface area (Å²) in [7, 11) is 0. The van der Waals surface area contributed by atoms with Crippen LogP contribution in [0.25, 0.3) is 0 Å². The number of aliphatic hydroxyl groups excluding tert-OH is 3. The molecule has 6 N–H and O–H groups in total. The van der Waals surface area contributed by atoms with E-state index in [9.17, 15) is 23.9 Å². The fourth-order valence-electron chi connectivity index (χ4n) is 4.39. The second-order valence-electron chi connectivity index (χ2n) is 8.63. The number of aromatic nitrogens is 2. The van der Waals surface area contributed by atoms with Crippen molar-refractivity contribution in [3.63, 3.8) is 0 Å². The maximum absolute atomic E-state index is 13.7. The summed E-state index contributed by atoms with van der Waals surface area (Å²) in [6.07, 6.45) is -2.85. The SMILES string of the molecule is CCSc1nc(N[C@@H]2C[C@H]2c2ccc(F)c(F)c2)c(N)c(N(N=O)[C@@H]2C[C@H](OCCO)[C@@H](O)[C@H]2O)n1. The number of hydrogen-bond donors (Lipinski definition) is 5. The van der Waals surface area contributed by atoms with E-state index in [4.69, 9.17) is 15.6 Å². The highest BCUT2D eigenvalue weighted by atomic mass is 32.2. The Bertz CT molecular complexity index is 1100. The molecule has 0 saturated heterocycles. The minimum Gasteiger partial charge on any atom is -0.394 e. The molecule has 14 heteroatoms. The minimum absolute atomic E-state index is 0.00686. The Morgan fingerprint density at radius 3 is 2.69 bits per heavy atom. The van der Waals surface area contributed by atoms with E-state index >= 15 is 0 Å². The van der Waals surface area contributed by atoms with Crippen molar-refractivity contribution >= 4 is 29.1 Å². The lowest BCUT2D eigenvalue weighted by Crippen LogP contribution is -2.41. The predicted octanol–water partition coefficient (Wildman–Crippen LogP) is 1.78. The largest absolute Gasteiger partial charge is 0.394 e. The highest BCUT2D eigenvalue weighted by molar-refractivity contribution is 7.99. The van der Waals surface area contributed by atoms with Crippen molar-refractivity contribution in [3.8, 4) is 0 Å². The molecule has 2 saturated carbocycles. The second kappa shape index (κ2) is 11.2. The van der Waals surface area contributed by atoms with Gasteiger partial charge in [-0.3, -0.25) is 0 Å². The average Bonchev–Trinajstić information content (AvgIpc) is 3.57. The Balaban J connectivity index is 1.59. The Kier molecular flexibility index (Phi) is 8.20. The molecule has 36 heavy (non-hydrogen) atoms. The van der Waals surface area contributed by atoms with E-state index in [2.05, 4.69) is 20.6 Å². The summed E-state index contributed by atoms with van der Waals surface area (Å²) in [5, 5.41) is 37.4. The number of nitrogen functional groups attached to an aromatic ring is 1. The van der Waals surface area contributed by atoms with Crippen molar-refractivity contribution in [2.45, 2.75) is 61.2 Å². The molecule has 1 aromatic carbocycles. The fourth-order valence-corrected chi connectivity index (χ4v) is 4.96. The summed E-state index contributed by atoms with van der Waals surface area (Å²) in [6, 6.07) is 2.63. The lowest BCUT2D eigenvalue weighted by Gasteiger charge is -2.26. The summed E-state index contributed by atoms with van der Waals surface area (Å²) in [6.45, 7) is 1.59. The average molecular weight is 527 g/mol. The molecular formula is C22H28F2N6O5S. The Labute approximate surface area is 210 Å². The zero-order chi connectivity index (χ0) is 26.0. The van der Waals surface area contributed by atoms with Crippen LogP contribution in [0.3, 0.4) is 0 Å². The van der Waals surface area contributed by atoms with Crippen LogP contribution in [0.2, 0.25) is 0 Å². The van der Waals surface area contributed by atoms with E-state index in [-0.39, 0.29) is 48.9 Å². The molecule has 6 atom stereocenters. The van der Waals surface area contributed by atoms with Gasteiger partial charge in [0.05, 0.1) is 30.6 Å². The molecule has 0 radical (unpaired) electrons. The molecule has 1 heterocycles. The van der Waals surface area contributed by atoms with Gasteiger partial charge in [-0.2, -0.15) is 0 Å². The third-order valence-electron chi connectivity index (χ3n) is 6.30. The van der Waals surface area contributed by atoms with Gasteiger partial charge < -0.3 is 31.1 Å². The summed E-state index contributed by atoms with van der Waals surface area (Å²) in [4.78, 5) is 20.7. The maximum Gasteiger partial charge on any atom is 0.191 e. The van der Waals surface area contributed by atoms with Gasteiger partial charge >= 0.3 is 0 Å². The number of benzene rings is 1. The van der Waals surface area contributed by atoms with Gasteiger partial charge in [-0.15, -0.1) is 4.91 Å². The van der Waals surface area contributed by atoms with Crippen LogP contribution in [0.1, 0.15) is 31.2 Å². The molecule has 4 rings (SSSR count). The molecule has 0 spiro atoms. The number of nitrogens with two attached hydrogens (primary N) is 1. The zero-order valence-electron chi connectivity index (χ0n) is 19.4. The quantitative estimate of drug-likeness (QED) is 0.125. The van der Waals surface area contributed by atoms with Crippen LogP contribution in [-0.4, -0.2) is 74.6 Å². The van der Waals surface area contributed by atoms with E-state index in [0.29, 0.717) is 22.9 Å². The van der Waals surface area contributed by atoms with Crippen molar-refractivity contribution in [3.05, 3.63) is 40.3 Å². The van der Waals surface area contributed by atoms with Crippen molar-refractivity contribution in [2.24, 2.45) is 5.29 Å². The number of thioether (sulfide) groups is 1. The number of rotatable bonds is 11. The third-order valence-corrected chi connectivity index (χ3v) is 7.03. The molecule has 0 bridgehead atoms. The van der Waals surface area contributed by atoms with Gasteiger partial charge in [0.2, 0.25) is 0 Å². The van der Waals surface area contributed by atoms with Crippen LogP contribution < -0.4 is 16.1 Å². The molecule has 196 valence electrons. The van der Waals surface area contributed by atoms with Gasteiger partial charge in [-0.05, 0) is 29.9 Å². The topological polar surface area (TPSA) is 166 Å². The molecule has 1 aromatic heterocycles. The first-order chi connectivity index (χ1) is 17.3. The standard InChI is InChI=1S/C22H28F2N6O5S/c1-2-36-22-27-20(26-14-8-11(14)10-3-4-12(23)13(24)7-10)17(25)21(28-22)30(29-34)15-9-16(35-6-5-31)19(33)18(15)32/h3-4,7,11,14-16,18-19,31-33H,2,5-6,8-9,25H2,1H3,(H,26,27,28)/t11-,14+,15+,16-,18-,19+/m0/s1. The number of nitrogens with zero attached hydrogens (tertiary/aromatic N) is 4. The van der Waals surface area contributed by atoms with Crippen LogP contribution in [0, 0.1) is 16.5 Å². The van der Waals surface area contributed by atoms with Gasteiger partial charge in [-0.25, -0.2) is 23.8 Å². The van der Waals surface area contributed by atoms with Gasteiger partial charge in [-0.1, -0.05) is 24.8 Å². The van der Waals surface area contributed by atoms with Crippen LogP contribution in [0.4, 0.5) is 26.1 Å². The zero-order valence-corrected chi connectivity index (χ0v) is 20.2. The van der Waals surface area contributed by atoms with Crippen molar-refractivity contribution < 1.29 is 28.8 Å². The molecular weight excluding hydrogens is 498 g/mol. The van der Waals surface area contributed by atoms with Gasteiger partial charge in [0, 0.05) is 18.4 Å². The summed E-state index contributed by atoms with van der Waals surface area (Å²) >= 11 is 1.30. The number of anilines is 3. The number of nitrogens with one attached hydrogen (secondary N) is 1. The number of aliphatic hydroxyl groups is 3. The molecule has 2 fully saturated rings. The second-order valence-corrected chi connectivity index (χ2v) is 9.87. The van der Waals surface area contributed by atoms with Crippen molar-refractivity contribution in [2.75, 3.05) is 35.0 Å². The number of nitroso groups, excluding NO2 is 1. The van der Waals surface area contributed by atoms with Crippen LogP contribution >= 0.6 is 11.8 Å². The van der Waals surface area contributed by atoms with Crippen molar-refractivity contribution in [1.29, 1.82) is 0 Å². The number of hydrogen-bond acceptors (Lipinski definition) is 11. The predicted molar refractivity (Wildman–Crippen MR) is 129 cm³/mol. The first-order valence-corrected chi connectivity index (χ1v) is 12.5. The molecule has 0 unspecified atom stereocenters. The lowest BCUT2D eigenvalue weighted by molar-refractivity contribution is -0.0616. The number of ether oxygens (including phenoxy) is 1. The van der Waals surface area contributed by atoms with Gasteiger partial charge in [0.25, 0.3) is 0 Å². The highest BCUT2D eigenvalue weighted by Crippen LogP contribution is 2.45. The fraction of sp³-hybridized carbons (Fsp3) is 0.545. The molecule has 2 aliphatic carbocycles.